The molecule has 0 saturated carbocycles. The number of carboxylic acid groups (broad SMARTS) is 1. The Labute approximate surface area is 146 Å². The normalized spacial score (nSPS) is 19.7. The molecule has 0 aromatic heterocycles. The number of carbonyl (C=O) groups is 2. The number of allylic oxidation sites excluding steroid dienone is 4. The lowest BCUT2D eigenvalue weighted by Gasteiger charge is -2.28. The van der Waals surface area contributed by atoms with E-state index < -0.39 is 11.9 Å². The van der Waals surface area contributed by atoms with Crippen LogP contribution in [0.4, 0.5) is 0 Å². The van der Waals surface area contributed by atoms with E-state index in [-0.39, 0.29) is 12.2 Å². The second-order valence-electron chi connectivity index (χ2n) is 5.95. The van der Waals surface area contributed by atoms with Gasteiger partial charge in [0, 0.05) is 24.5 Å². The molecule has 0 radical (unpaired) electrons. The van der Waals surface area contributed by atoms with Crippen molar-refractivity contribution in [1.82, 2.24) is 4.90 Å². The third kappa shape index (κ3) is 3.71. The van der Waals surface area contributed by atoms with Crippen LogP contribution in [0.15, 0.2) is 78.1 Å². The summed E-state index contributed by atoms with van der Waals surface area (Å²) in [6.45, 7) is 2.28. The molecule has 1 aromatic rings. The highest BCUT2D eigenvalue weighted by Crippen LogP contribution is 2.37. The van der Waals surface area contributed by atoms with Gasteiger partial charge in [0.2, 0.25) is 0 Å². The van der Waals surface area contributed by atoms with E-state index in [0.717, 1.165) is 16.7 Å². The SMILES string of the molecule is CC1=C(C2=CN(CCC(=O)O)C=CO2)C(c2ccccc2)C(=O)C=C1. The van der Waals surface area contributed by atoms with Crippen LogP contribution >= 0.6 is 0 Å². The predicted molar refractivity (Wildman–Crippen MR) is 93.3 cm³/mol. The number of carbonyl (C=O) groups excluding carboxylic acids is 1. The number of nitrogens with zero attached hydrogens (tertiary/aromatic N) is 1. The Balaban J connectivity index is 1.95. The fourth-order valence-corrected chi connectivity index (χ4v) is 2.98. The zero-order valence-corrected chi connectivity index (χ0v) is 13.9. The number of hydrogen-bond donors (Lipinski definition) is 1. The van der Waals surface area contributed by atoms with Crippen LogP contribution in [0.25, 0.3) is 0 Å². The van der Waals surface area contributed by atoms with Crippen LogP contribution in [-0.4, -0.2) is 28.3 Å². The van der Waals surface area contributed by atoms with Crippen LogP contribution in [0.5, 0.6) is 0 Å². The van der Waals surface area contributed by atoms with E-state index in [1.165, 1.54) is 6.26 Å². The molecule has 1 N–H and O–H groups in total. The van der Waals surface area contributed by atoms with Crippen molar-refractivity contribution < 1.29 is 19.4 Å². The standard InChI is InChI=1S/C20H19NO4/c1-14-7-8-16(22)20(15-5-3-2-4-6-15)19(14)17-13-21(11-12-25-17)10-9-18(23)24/h2-8,11-13,20H,9-10H2,1H3,(H,23,24). The Morgan fingerprint density at radius 3 is 2.72 bits per heavy atom. The van der Waals surface area contributed by atoms with Crippen molar-refractivity contribution in [3.05, 3.63) is 83.6 Å². The molecular weight excluding hydrogens is 318 g/mol. The second kappa shape index (κ2) is 7.21. The molecule has 5 heteroatoms. The molecule has 0 fully saturated rings. The van der Waals surface area contributed by atoms with E-state index in [4.69, 9.17) is 9.84 Å². The maximum atomic E-state index is 12.6. The highest BCUT2D eigenvalue weighted by Gasteiger charge is 2.31. The number of ether oxygens (including phenoxy) is 1. The smallest absolute Gasteiger partial charge is 0.305 e. The molecule has 1 aliphatic carbocycles. The first-order valence-electron chi connectivity index (χ1n) is 8.07. The van der Waals surface area contributed by atoms with Crippen LogP contribution in [-0.2, 0) is 14.3 Å². The Kier molecular flexibility index (Phi) is 4.84. The predicted octanol–water partition coefficient (Wildman–Crippen LogP) is 3.35. The fraction of sp³-hybridized carbons (Fsp3) is 0.200. The van der Waals surface area contributed by atoms with Gasteiger partial charge in [-0.3, -0.25) is 9.59 Å². The Hall–Kier alpha value is -3.08. The number of hydrogen-bond acceptors (Lipinski definition) is 4. The van der Waals surface area contributed by atoms with E-state index in [0.29, 0.717) is 12.3 Å². The molecule has 2 aliphatic rings. The van der Waals surface area contributed by atoms with Gasteiger partial charge in [-0.05, 0) is 24.1 Å². The molecule has 1 aliphatic heterocycles. The summed E-state index contributed by atoms with van der Waals surface area (Å²) in [6, 6.07) is 9.58. The molecule has 1 unspecified atom stereocenters. The van der Waals surface area contributed by atoms with Crippen LogP contribution < -0.4 is 0 Å². The number of benzene rings is 1. The average molecular weight is 337 g/mol. The quantitative estimate of drug-likeness (QED) is 0.892. The van der Waals surface area contributed by atoms with E-state index in [9.17, 15) is 9.59 Å². The zero-order valence-electron chi connectivity index (χ0n) is 13.9. The van der Waals surface area contributed by atoms with Crippen LogP contribution in [0.1, 0.15) is 24.8 Å². The van der Waals surface area contributed by atoms with Gasteiger partial charge in [0.15, 0.2) is 5.78 Å². The van der Waals surface area contributed by atoms with Crippen molar-refractivity contribution in [2.75, 3.05) is 6.54 Å². The Bertz CT molecular complexity index is 802. The molecule has 5 nitrogen and oxygen atoms in total. The van der Waals surface area contributed by atoms with Crippen molar-refractivity contribution in [3.63, 3.8) is 0 Å². The molecule has 1 heterocycles. The van der Waals surface area contributed by atoms with Crippen LogP contribution in [0.3, 0.4) is 0 Å². The van der Waals surface area contributed by atoms with Gasteiger partial charge < -0.3 is 14.7 Å². The van der Waals surface area contributed by atoms with E-state index in [1.54, 1.807) is 29.5 Å². The molecule has 3 rings (SSSR count). The zero-order chi connectivity index (χ0) is 17.8. The Morgan fingerprint density at radius 2 is 2.00 bits per heavy atom. The molecule has 0 spiro atoms. The molecule has 0 amide bonds. The maximum absolute atomic E-state index is 12.6. The minimum absolute atomic E-state index is 0.00272. The van der Waals surface area contributed by atoms with Gasteiger partial charge in [-0.25, -0.2) is 0 Å². The largest absolute Gasteiger partial charge is 0.481 e. The molecule has 0 bridgehead atoms. The summed E-state index contributed by atoms with van der Waals surface area (Å²) in [5.41, 5.74) is 2.67. The molecule has 128 valence electrons. The maximum Gasteiger partial charge on any atom is 0.305 e. The molecular formula is C20H19NO4. The fourth-order valence-electron chi connectivity index (χ4n) is 2.98. The van der Waals surface area contributed by atoms with E-state index in [1.807, 2.05) is 37.3 Å². The lowest BCUT2D eigenvalue weighted by molar-refractivity contribution is -0.137. The van der Waals surface area contributed by atoms with Gasteiger partial charge in [0.05, 0.1) is 12.3 Å². The molecule has 1 aromatic carbocycles. The highest BCUT2D eigenvalue weighted by atomic mass is 16.5. The van der Waals surface area contributed by atoms with Crippen molar-refractivity contribution in [1.29, 1.82) is 0 Å². The van der Waals surface area contributed by atoms with Crippen molar-refractivity contribution >= 4 is 11.8 Å². The number of ketones is 1. The summed E-state index contributed by atoms with van der Waals surface area (Å²) in [7, 11) is 0. The number of carboxylic acids is 1. The van der Waals surface area contributed by atoms with Crippen LogP contribution in [0.2, 0.25) is 0 Å². The summed E-state index contributed by atoms with van der Waals surface area (Å²) in [5, 5.41) is 8.86. The Morgan fingerprint density at radius 1 is 1.24 bits per heavy atom. The summed E-state index contributed by atoms with van der Waals surface area (Å²) in [6.07, 6.45) is 8.36. The van der Waals surface area contributed by atoms with Crippen molar-refractivity contribution in [3.8, 4) is 0 Å². The molecule has 25 heavy (non-hydrogen) atoms. The van der Waals surface area contributed by atoms with Gasteiger partial charge in [0.25, 0.3) is 0 Å². The first-order valence-corrected chi connectivity index (χ1v) is 8.07. The van der Waals surface area contributed by atoms with Gasteiger partial charge in [-0.15, -0.1) is 0 Å². The van der Waals surface area contributed by atoms with Gasteiger partial charge >= 0.3 is 5.97 Å². The third-order valence-electron chi connectivity index (χ3n) is 4.21. The number of aliphatic carboxylic acids is 1. The van der Waals surface area contributed by atoms with Gasteiger partial charge in [0.1, 0.15) is 12.0 Å². The summed E-state index contributed by atoms with van der Waals surface area (Å²) < 4.78 is 5.67. The van der Waals surface area contributed by atoms with Crippen molar-refractivity contribution in [2.24, 2.45) is 0 Å². The van der Waals surface area contributed by atoms with E-state index in [2.05, 4.69) is 0 Å². The van der Waals surface area contributed by atoms with Crippen LogP contribution in [0, 0.1) is 0 Å². The van der Waals surface area contributed by atoms with Crippen molar-refractivity contribution in [2.45, 2.75) is 19.3 Å². The second-order valence-corrected chi connectivity index (χ2v) is 5.95. The third-order valence-corrected chi connectivity index (χ3v) is 4.21. The average Bonchev–Trinajstić information content (AvgIpc) is 2.62. The van der Waals surface area contributed by atoms with E-state index >= 15 is 0 Å². The summed E-state index contributed by atoms with van der Waals surface area (Å²) >= 11 is 0. The first kappa shape index (κ1) is 16.8. The summed E-state index contributed by atoms with van der Waals surface area (Å²) in [5.74, 6) is -0.715. The topological polar surface area (TPSA) is 66.8 Å². The molecule has 1 atom stereocenters. The monoisotopic (exact) mass is 337 g/mol. The highest BCUT2D eigenvalue weighted by molar-refractivity contribution is 6.00. The van der Waals surface area contributed by atoms with Gasteiger partial charge in [-0.1, -0.05) is 36.4 Å². The summed E-state index contributed by atoms with van der Waals surface area (Å²) in [4.78, 5) is 25.1. The molecule has 0 saturated heterocycles. The number of rotatable bonds is 5. The first-order chi connectivity index (χ1) is 12.1. The lowest BCUT2D eigenvalue weighted by atomic mass is 9.80. The lowest BCUT2D eigenvalue weighted by Crippen LogP contribution is -2.23. The van der Waals surface area contributed by atoms with Gasteiger partial charge in [-0.2, -0.15) is 0 Å². The minimum atomic E-state index is -0.858. The minimum Gasteiger partial charge on any atom is -0.481 e.